The summed E-state index contributed by atoms with van der Waals surface area (Å²) in [5.41, 5.74) is 7.01. The molecule has 3 N–H and O–H groups in total. The normalized spacial score (nSPS) is 24.8. The van der Waals surface area contributed by atoms with Crippen LogP contribution in [0.4, 0.5) is 0 Å². The lowest BCUT2D eigenvalue weighted by Crippen LogP contribution is -2.43. The van der Waals surface area contributed by atoms with E-state index in [1.54, 1.807) is 0 Å². The van der Waals surface area contributed by atoms with Gasteiger partial charge in [-0.1, -0.05) is 37.3 Å². The van der Waals surface area contributed by atoms with Crippen LogP contribution in [-0.2, 0) is 0 Å². The number of hydrogen-bond acceptors (Lipinski definition) is 3. The second kappa shape index (κ2) is 7.77. The number of aliphatic hydroxyl groups excluding tert-OH is 1. The van der Waals surface area contributed by atoms with Gasteiger partial charge in [-0.15, -0.1) is 0 Å². The van der Waals surface area contributed by atoms with Crippen LogP contribution in [0.5, 0.6) is 0 Å². The lowest BCUT2D eigenvalue weighted by Gasteiger charge is -2.37. The van der Waals surface area contributed by atoms with Crippen molar-refractivity contribution < 1.29 is 5.11 Å². The van der Waals surface area contributed by atoms with Gasteiger partial charge in [0.1, 0.15) is 0 Å². The average molecular weight is 276 g/mol. The first-order valence-corrected chi connectivity index (χ1v) is 7.93. The Balaban J connectivity index is 1.95. The Morgan fingerprint density at radius 3 is 2.45 bits per heavy atom. The predicted molar refractivity (Wildman–Crippen MR) is 83.5 cm³/mol. The maximum Gasteiger partial charge on any atom is 0.0917 e. The summed E-state index contributed by atoms with van der Waals surface area (Å²) < 4.78 is 0. The quantitative estimate of drug-likeness (QED) is 0.840. The minimum Gasteiger partial charge on any atom is -0.387 e. The van der Waals surface area contributed by atoms with Crippen molar-refractivity contribution in [1.82, 2.24) is 4.90 Å². The number of benzene rings is 1. The minimum atomic E-state index is -0.390. The van der Waals surface area contributed by atoms with E-state index < -0.39 is 6.10 Å². The first kappa shape index (κ1) is 15.5. The van der Waals surface area contributed by atoms with Crippen LogP contribution in [0.2, 0.25) is 0 Å². The standard InChI is InChI=1S/C17H28N2O/c1-2-12-19(16-10-8-15(18)9-11-16)13-17(20)14-6-4-3-5-7-14/h3-7,15-17,20H,2,8-13,18H2,1H3. The molecule has 3 heteroatoms. The number of rotatable bonds is 6. The maximum atomic E-state index is 10.4. The third-order valence-corrected chi connectivity index (χ3v) is 4.36. The summed E-state index contributed by atoms with van der Waals surface area (Å²) >= 11 is 0. The first-order valence-electron chi connectivity index (χ1n) is 7.93. The molecule has 1 aliphatic carbocycles. The Morgan fingerprint density at radius 2 is 1.85 bits per heavy atom. The van der Waals surface area contributed by atoms with E-state index >= 15 is 0 Å². The molecular weight excluding hydrogens is 248 g/mol. The molecular formula is C17H28N2O. The van der Waals surface area contributed by atoms with Crippen molar-refractivity contribution in [3.63, 3.8) is 0 Å². The molecule has 1 fully saturated rings. The molecule has 0 spiro atoms. The van der Waals surface area contributed by atoms with Gasteiger partial charge in [0.05, 0.1) is 6.10 Å². The molecule has 0 heterocycles. The third-order valence-electron chi connectivity index (χ3n) is 4.36. The van der Waals surface area contributed by atoms with E-state index in [0.717, 1.165) is 37.9 Å². The largest absolute Gasteiger partial charge is 0.387 e. The van der Waals surface area contributed by atoms with E-state index in [1.807, 2.05) is 30.3 Å². The van der Waals surface area contributed by atoms with Gasteiger partial charge in [0.25, 0.3) is 0 Å². The number of hydrogen-bond donors (Lipinski definition) is 2. The zero-order valence-corrected chi connectivity index (χ0v) is 12.5. The minimum absolute atomic E-state index is 0.383. The second-order valence-corrected chi connectivity index (χ2v) is 5.99. The Kier molecular flexibility index (Phi) is 6.02. The van der Waals surface area contributed by atoms with Crippen LogP contribution in [0.25, 0.3) is 0 Å². The topological polar surface area (TPSA) is 49.5 Å². The molecule has 1 saturated carbocycles. The van der Waals surface area contributed by atoms with E-state index in [0.29, 0.717) is 12.1 Å². The second-order valence-electron chi connectivity index (χ2n) is 5.99. The number of aliphatic hydroxyl groups is 1. The SMILES string of the molecule is CCCN(CC(O)c1ccccc1)C1CCC(N)CC1. The van der Waals surface area contributed by atoms with Gasteiger partial charge in [-0.25, -0.2) is 0 Å². The molecule has 0 radical (unpaired) electrons. The van der Waals surface area contributed by atoms with E-state index in [-0.39, 0.29) is 0 Å². The zero-order chi connectivity index (χ0) is 14.4. The van der Waals surface area contributed by atoms with E-state index in [2.05, 4.69) is 11.8 Å². The zero-order valence-electron chi connectivity index (χ0n) is 12.5. The molecule has 2 rings (SSSR count). The van der Waals surface area contributed by atoms with Crippen LogP contribution in [0, 0.1) is 0 Å². The van der Waals surface area contributed by atoms with Crippen LogP contribution in [0.3, 0.4) is 0 Å². The summed E-state index contributed by atoms with van der Waals surface area (Å²) in [7, 11) is 0. The highest BCUT2D eigenvalue weighted by Crippen LogP contribution is 2.24. The predicted octanol–water partition coefficient (Wildman–Crippen LogP) is 2.70. The van der Waals surface area contributed by atoms with Gasteiger partial charge in [-0.3, -0.25) is 4.90 Å². The van der Waals surface area contributed by atoms with Crippen LogP contribution in [0.15, 0.2) is 30.3 Å². The molecule has 1 unspecified atom stereocenters. The fourth-order valence-electron chi connectivity index (χ4n) is 3.18. The summed E-state index contributed by atoms with van der Waals surface area (Å²) in [4.78, 5) is 2.46. The van der Waals surface area contributed by atoms with E-state index in [4.69, 9.17) is 5.73 Å². The first-order chi connectivity index (χ1) is 9.70. The molecule has 0 aliphatic heterocycles. The van der Waals surface area contributed by atoms with Gasteiger partial charge < -0.3 is 10.8 Å². The molecule has 112 valence electrons. The summed E-state index contributed by atoms with van der Waals surface area (Å²) in [6.45, 7) is 4.00. The molecule has 3 nitrogen and oxygen atoms in total. The molecule has 1 aromatic rings. The molecule has 1 aliphatic rings. The average Bonchev–Trinajstić information content (AvgIpc) is 2.48. The fraction of sp³-hybridized carbons (Fsp3) is 0.647. The van der Waals surface area contributed by atoms with Gasteiger partial charge in [0, 0.05) is 18.6 Å². The van der Waals surface area contributed by atoms with Gasteiger partial charge in [-0.05, 0) is 44.2 Å². The van der Waals surface area contributed by atoms with Crippen molar-refractivity contribution in [1.29, 1.82) is 0 Å². The van der Waals surface area contributed by atoms with E-state index in [1.165, 1.54) is 12.8 Å². The monoisotopic (exact) mass is 276 g/mol. The van der Waals surface area contributed by atoms with Gasteiger partial charge in [0.2, 0.25) is 0 Å². The fourth-order valence-corrected chi connectivity index (χ4v) is 3.18. The van der Waals surface area contributed by atoms with Crippen molar-refractivity contribution in [2.45, 2.75) is 57.2 Å². The summed E-state index contributed by atoms with van der Waals surface area (Å²) in [6.07, 6.45) is 5.31. The Hall–Kier alpha value is -0.900. The van der Waals surface area contributed by atoms with E-state index in [9.17, 15) is 5.11 Å². The van der Waals surface area contributed by atoms with Crippen LogP contribution < -0.4 is 5.73 Å². The highest BCUT2D eigenvalue weighted by Gasteiger charge is 2.25. The lowest BCUT2D eigenvalue weighted by atomic mass is 9.90. The molecule has 0 aromatic heterocycles. The highest BCUT2D eigenvalue weighted by molar-refractivity contribution is 5.17. The van der Waals surface area contributed by atoms with Crippen molar-refractivity contribution in [3.8, 4) is 0 Å². The van der Waals surface area contributed by atoms with Crippen molar-refractivity contribution in [3.05, 3.63) is 35.9 Å². The summed E-state index contributed by atoms with van der Waals surface area (Å²) in [5, 5.41) is 10.4. The number of nitrogens with zero attached hydrogens (tertiary/aromatic N) is 1. The van der Waals surface area contributed by atoms with Gasteiger partial charge >= 0.3 is 0 Å². The summed E-state index contributed by atoms with van der Waals surface area (Å²) in [5.74, 6) is 0. The van der Waals surface area contributed by atoms with Crippen molar-refractivity contribution in [2.24, 2.45) is 5.73 Å². The Labute approximate surface area is 122 Å². The van der Waals surface area contributed by atoms with Crippen LogP contribution >= 0.6 is 0 Å². The smallest absolute Gasteiger partial charge is 0.0917 e. The maximum absolute atomic E-state index is 10.4. The molecule has 0 saturated heterocycles. The number of nitrogens with two attached hydrogens (primary N) is 1. The van der Waals surface area contributed by atoms with Crippen molar-refractivity contribution in [2.75, 3.05) is 13.1 Å². The Morgan fingerprint density at radius 1 is 1.20 bits per heavy atom. The molecule has 20 heavy (non-hydrogen) atoms. The van der Waals surface area contributed by atoms with Crippen LogP contribution in [0.1, 0.15) is 50.7 Å². The van der Waals surface area contributed by atoms with Crippen molar-refractivity contribution >= 4 is 0 Å². The highest BCUT2D eigenvalue weighted by atomic mass is 16.3. The van der Waals surface area contributed by atoms with Gasteiger partial charge in [-0.2, -0.15) is 0 Å². The lowest BCUT2D eigenvalue weighted by molar-refractivity contribution is 0.0707. The summed E-state index contributed by atoms with van der Waals surface area (Å²) in [6, 6.07) is 11.0. The third kappa shape index (κ3) is 4.30. The molecule has 0 bridgehead atoms. The molecule has 0 amide bonds. The Bertz CT molecular complexity index is 374. The van der Waals surface area contributed by atoms with Gasteiger partial charge in [0.15, 0.2) is 0 Å². The molecule has 1 aromatic carbocycles. The van der Waals surface area contributed by atoms with Crippen LogP contribution in [-0.4, -0.2) is 35.2 Å². The molecule has 1 atom stereocenters.